The van der Waals surface area contributed by atoms with E-state index in [2.05, 4.69) is 17.9 Å². The molecule has 0 saturated carbocycles. The Labute approximate surface area is 150 Å². The van der Waals surface area contributed by atoms with Crippen LogP contribution in [0.1, 0.15) is 31.7 Å². The van der Waals surface area contributed by atoms with Crippen LogP contribution in [0.4, 0.5) is 0 Å². The molecule has 0 unspecified atom stereocenters. The molecule has 25 heavy (non-hydrogen) atoms. The molecule has 2 rings (SSSR count). The Balaban J connectivity index is 2.06. The van der Waals surface area contributed by atoms with Gasteiger partial charge in [0.15, 0.2) is 0 Å². The van der Waals surface area contributed by atoms with E-state index in [0.717, 1.165) is 36.6 Å². The van der Waals surface area contributed by atoms with Gasteiger partial charge in [0.05, 0.1) is 33.0 Å². The van der Waals surface area contributed by atoms with Gasteiger partial charge in [-0.1, -0.05) is 19.8 Å². The van der Waals surface area contributed by atoms with Gasteiger partial charge < -0.3 is 19.1 Å². The van der Waals surface area contributed by atoms with Crippen molar-refractivity contribution < 1.29 is 14.2 Å². The molecule has 1 aromatic rings. The summed E-state index contributed by atoms with van der Waals surface area (Å²) in [5.41, 5.74) is 1.68. The van der Waals surface area contributed by atoms with E-state index in [4.69, 9.17) is 14.2 Å². The lowest BCUT2D eigenvalue weighted by atomic mass is 10.0. The number of methoxy groups -OCH3 is 1. The van der Waals surface area contributed by atoms with Crippen LogP contribution in [-0.4, -0.2) is 44.9 Å². The highest BCUT2D eigenvalue weighted by Gasteiger charge is 2.11. The standard InChI is InChI=1S/C20H28N2O3/c1-3-4-5-10-25-19-6-7-20(23-2)18(14-19)13-17(15-21)16-22-8-11-24-12-9-22/h6-7,14,16H,3-5,8-13H2,1-2H3/b17-16-. The van der Waals surface area contributed by atoms with Crippen LogP contribution in [0.3, 0.4) is 0 Å². The van der Waals surface area contributed by atoms with Crippen LogP contribution in [0.15, 0.2) is 30.0 Å². The zero-order valence-electron chi connectivity index (χ0n) is 15.3. The van der Waals surface area contributed by atoms with Gasteiger partial charge in [0.1, 0.15) is 11.5 Å². The normalized spacial score (nSPS) is 14.9. The van der Waals surface area contributed by atoms with Crippen molar-refractivity contribution in [3.8, 4) is 17.6 Å². The predicted octanol–water partition coefficient (Wildman–Crippen LogP) is 3.55. The highest BCUT2D eigenvalue weighted by molar-refractivity contribution is 5.44. The molecule has 136 valence electrons. The number of rotatable bonds is 9. The molecule has 0 spiro atoms. The monoisotopic (exact) mass is 344 g/mol. The van der Waals surface area contributed by atoms with Crippen molar-refractivity contribution >= 4 is 0 Å². The molecule has 1 heterocycles. The summed E-state index contributed by atoms with van der Waals surface area (Å²) in [4.78, 5) is 2.14. The Kier molecular flexibility index (Phi) is 8.14. The van der Waals surface area contributed by atoms with Gasteiger partial charge in [0.25, 0.3) is 0 Å². The third kappa shape index (κ3) is 6.32. The molecule has 1 fully saturated rings. The Morgan fingerprint density at radius 3 is 2.80 bits per heavy atom. The lowest BCUT2D eigenvalue weighted by Crippen LogP contribution is -2.32. The Bertz CT molecular complexity index is 601. The summed E-state index contributed by atoms with van der Waals surface area (Å²) in [6.07, 6.45) is 5.87. The number of allylic oxidation sites excluding steroid dienone is 1. The number of nitriles is 1. The minimum atomic E-state index is 0.531. The molecule has 5 heteroatoms. The lowest BCUT2D eigenvalue weighted by molar-refractivity contribution is 0.0591. The molecule has 0 N–H and O–H groups in total. The molecule has 5 nitrogen and oxygen atoms in total. The minimum absolute atomic E-state index is 0.531. The highest BCUT2D eigenvalue weighted by Crippen LogP contribution is 2.26. The summed E-state index contributed by atoms with van der Waals surface area (Å²) in [5.74, 6) is 1.61. The quantitative estimate of drug-likeness (QED) is 0.506. The van der Waals surface area contributed by atoms with Gasteiger partial charge in [-0.3, -0.25) is 0 Å². The van der Waals surface area contributed by atoms with Crippen molar-refractivity contribution in [2.24, 2.45) is 0 Å². The Morgan fingerprint density at radius 2 is 2.12 bits per heavy atom. The maximum Gasteiger partial charge on any atom is 0.122 e. The number of nitrogens with zero attached hydrogens (tertiary/aromatic N) is 2. The molecule has 0 radical (unpaired) electrons. The third-order valence-electron chi connectivity index (χ3n) is 4.18. The van der Waals surface area contributed by atoms with E-state index in [0.29, 0.717) is 31.8 Å². The van der Waals surface area contributed by atoms with E-state index in [9.17, 15) is 5.26 Å². The maximum absolute atomic E-state index is 9.50. The Morgan fingerprint density at radius 1 is 1.32 bits per heavy atom. The van der Waals surface area contributed by atoms with Crippen molar-refractivity contribution in [3.63, 3.8) is 0 Å². The molecule has 1 aliphatic rings. The zero-order valence-corrected chi connectivity index (χ0v) is 15.3. The van der Waals surface area contributed by atoms with Crippen LogP contribution in [0, 0.1) is 11.3 Å². The lowest BCUT2D eigenvalue weighted by Gasteiger charge is -2.25. The average molecular weight is 344 g/mol. The summed E-state index contributed by atoms with van der Waals surface area (Å²) in [7, 11) is 1.65. The molecule has 0 amide bonds. The van der Waals surface area contributed by atoms with Gasteiger partial charge >= 0.3 is 0 Å². The summed E-state index contributed by atoms with van der Waals surface area (Å²) in [5, 5.41) is 9.50. The number of benzene rings is 1. The number of hydrogen-bond donors (Lipinski definition) is 0. The van der Waals surface area contributed by atoms with Crippen molar-refractivity contribution in [1.29, 1.82) is 5.26 Å². The summed E-state index contributed by atoms with van der Waals surface area (Å²) in [6.45, 7) is 5.95. The minimum Gasteiger partial charge on any atom is -0.496 e. The average Bonchev–Trinajstić information content (AvgIpc) is 2.65. The highest BCUT2D eigenvalue weighted by atomic mass is 16.5. The first kappa shape index (κ1) is 19.1. The van der Waals surface area contributed by atoms with E-state index in [-0.39, 0.29) is 0 Å². The molecular weight excluding hydrogens is 316 g/mol. The summed E-state index contributed by atoms with van der Waals surface area (Å²) in [6, 6.07) is 8.13. The molecule has 0 aliphatic carbocycles. The van der Waals surface area contributed by atoms with Gasteiger partial charge in [0, 0.05) is 36.8 Å². The van der Waals surface area contributed by atoms with E-state index in [1.54, 1.807) is 7.11 Å². The molecule has 0 bridgehead atoms. The van der Waals surface area contributed by atoms with E-state index in [1.807, 2.05) is 24.4 Å². The van der Waals surface area contributed by atoms with Crippen molar-refractivity contribution in [2.45, 2.75) is 32.6 Å². The Hall–Kier alpha value is -2.19. The number of morpholine rings is 1. The molecule has 1 saturated heterocycles. The topological polar surface area (TPSA) is 54.7 Å². The van der Waals surface area contributed by atoms with E-state index >= 15 is 0 Å². The van der Waals surface area contributed by atoms with Crippen molar-refractivity contribution in [3.05, 3.63) is 35.5 Å². The second-order valence-electron chi connectivity index (χ2n) is 6.12. The smallest absolute Gasteiger partial charge is 0.122 e. The number of hydrogen-bond acceptors (Lipinski definition) is 5. The summed E-state index contributed by atoms with van der Waals surface area (Å²) < 4.78 is 16.6. The largest absolute Gasteiger partial charge is 0.496 e. The van der Waals surface area contributed by atoms with Crippen LogP contribution in [0.5, 0.6) is 11.5 Å². The predicted molar refractivity (Wildman–Crippen MR) is 97.8 cm³/mol. The SMILES string of the molecule is CCCCCOc1ccc(OC)c(C/C(C#N)=C/N2CCOCC2)c1. The third-order valence-corrected chi connectivity index (χ3v) is 4.18. The first-order chi connectivity index (χ1) is 12.3. The summed E-state index contributed by atoms with van der Waals surface area (Å²) >= 11 is 0. The van der Waals surface area contributed by atoms with Crippen LogP contribution in [-0.2, 0) is 11.2 Å². The first-order valence-electron chi connectivity index (χ1n) is 8.99. The van der Waals surface area contributed by atoms with Gasteiger partial charge in [-0.05, 0) is 24.6 Å². The van der Waals surface area contributed by atoms with Crippen LogP contribution in [0.2, 0.25) is 0 Å². The van der Waals surface area contributed by atoms with Crippen LogP contribution < -0.4 is 9.47 Å². The maximum atomic E-state index is 9.50. The van der Waals surface area contributed by atoms with Gasteiger partial charge in [-0.2, -0.15) is 5.26 Å². The second-order valence-corrected chi connectivity index (χ2v) is 6.12. The fraction of sp³-hybridized carbons (Fsp3) is 0.550. The molecular formula is C20H28N2O3. The molecule has 0 atom stereocenters. The number of unbranched alkanes of at least 4 members (excludes halogenated alkanes) is 2. The number of ether oxygens (including phenoxy) is 3. The molecule has 0 aromatic heterocycles. The van der Waals surface area contributed by atoms with Gasteiger partial charge in [-0.15, -0.1) is 0 Å². The van der Waals surface area contributed by atoms with Crippen LogP contribution in [0.25, 0.3) is 0 Å². The van der Waals surface area contributed by atoms with E-state index in [1.165, 1.54) is 12.8 Å². The molecule has 1 aromatic carbocycles. The van der Waals surface area contributed by atoms with Gasteiger partial charge in [-0.25, -0.2) is 0 Å². The van der Waals surface area contributed by atoms with Gasteiger partial charge in [0.2, 0.25) is 0 Å². The van der Waals surface area contributed by atoms with Crippen molar-refractivity contribution in [2.75, 3.05) is 40.0 Å². The molecule has 1 aliphatic heterocycles. The second kappa shape index (κ2) is 10.6. The fourth-order valence-electron chi connectivity index (χ4n) is 2.77. The first-order valence-corrected chi connectivity index (χ1v) is 8.99. The van der Waals surface area contributed by atoms with Crippen molar-refractivity contribution in [1.82, 2.24) is 4.90 Å². The van der Waals surface area contributed by atoms with Crippen LogP contribution >= 0.6 is 0 Å². The zero-order chi connectivity index (χ0) is 17.9. The van der Waals surface area contributed by atoms with E-state index < -0.39 is 0 Å². The fourth-order valence-corrected chi connectivity index (χ4v) is 2.77.